The Morgan fingerprint density at radius 3 is 2.56 bits per heavy atom. The fourth-order valence-electron chi connectivity index (χ4n) is 2.37. The first-order valence-electron chi connectivity index (χ1n) is 8.76. The van der Waals surface area contributed by atoms with Crippen molar-refractivity contribution in [1.82, 2.24) is 9.78 Å². The van der Waals surface area contributed by atoms with Crippen molar-refractivity contribution in [3.05, 3.63) is 77.8 Å². The van der Waals surface area contributed by atoms with Crippen LogP contribution in [0.3, 0.4) is 0 Å². The van der Waals surface area contributed by atoms with E-state index in [2.05, 4.69) is 10.1 Å². The van der Waals surface area contributed by atoms with Gasteiger partial charge in [0.2, 0.25) is 5.88 Å². The molecule has 6 nitrogen and oxygen atoms in total. The van der Waals surface area contributed by atoms with Crippen LogP contribution in [0.5, 0.6) is 11.6 Å². The first-order chi connectivity index (χ1) is 13.2. The molecule has 2 aromatic carbocycles. The van der Waals surface area contributed by atoms with E-state index in [0.717, 1.165) is 17.7 Å². The maximum atomic E-state index is 12.1. The van der Waals surface area contributed by atoms with E-state index < -0.39 is 6.09 Å². The molecule has 0 radical (unpaired) electrons. The minimum atomic E-state index is -0.709. The van der Waals surface area contributed by atoms with Crippen LogP contribution in [0.25, 0.3) is 5.69 Å². The lowest BCUT2D eigenvalue weighted by Gasteiger charge is -2.12. The fourth-order valence-corrected chi connectivity index (χ4v) is 2.37. The number of ether oxygens (including phenoxy) is 2. The van der Waals surface area contributed by atoms with E-state index in [1.807, 2.05) is 56.3 Å². The van der Waals surface area contributed by atoms with Gasteiger partial charge >= 0.3 is 6.09 Å². The van der Waals surface area contributed by atoms with E-state index in [0.29, 0.717) is 23.6 Å². The zero-order chi connectivity index (χ0) is 19.1. The van der Waals surface area contributed by atoms with Gasteiger partial charge in [-0.15, -0.1) is 0 Å². The van der Waals surface area contributed by atoms with Crippen molar-refractivity contribution in [2.24, 2.45) is 4.99 Å². The minimum Gasteiger partial charge on any atom is -0.478 e. The van der Waals surface area contributed by atoms with Gasteiger partial charge in [-0.1, -0.05) is 42.8 Å². The third-order valence-corrected chi connectivity index (χ3v) is 3.69. The van der Waals surface area contributed by atoms with Crippen LogP contribution >= 0.6 is 0 Å². The number of carbonyl (C=O) groups excluding carboxylic acids is 1. The largest absolute Gasteiger partial charge is 0.478 e. The molecule has 1 aromatic heterocycles. The number of amides is 1. The number of aryl methyl sites for hydroxylation is 1. The summed E-state index contributed by atoms with van der Waals surface area (Å²) < 4.78 is 12.7. The number of carbonyl (C=O) groups is 1. The van der Waals surface area contributed by atoms with E-state index in [1.54, 1.807) is 22.9 Å². The van der Waals surface area contributed by atoms with Crippen LogP contribution in [0.2, 0.25) is 0 Å². The van der Waals surface area contributed by atoms with Gasteiger partial charge in [0.05, 0.1) is 23.8 Å². The average molecular weight is 363 g/mol. The molecule has 0 saturated carbocycles. The Morgan fingerprint density at radius 1 is 1.11 bits per heavy atom. The number of hydrogen-bond acceptors (Lipinski definition) is 4. The van der Waals surface area contributed by atoms with E-state index in [4.69, 9.17) is 9.47 Å². The Labute approximate surface area is 157 Å². The van der Waals surface area contributed by atoms with Crippen LogP contribution in [-0.2, 0) is 0 Å². The van der Waals surface area contributed by atoms with Crippen molar-refractivity contribution in [2.45, 2.75) is 20.3 Å². The number of benzene rings is 2. The zero-order valence-corrected chi connectivity index (χ0v) is 15.3. The standard InChI is InChI=1S/C21H21N3O3/c1-3-13-26-20-14-17(15-22-24(20)18-7-5-4-6-8-18)23-21(25)27-19-11-9-16(2)10-12-19/h4-12,14-15H,3,13H2,1-2H3. The van der Waals surface area contributed by atoms with Crippen molar-refractivity contribution in [2.75, 3.05) is 6.61 Å². The molecule has 0 atom stereocenters. The van der Waals surface area contributed by atoms with Gasteiger partial charge < -0.3 is 9.47 Å². The van der Waals surface area contributed by atoms with Crippen LogP contribution in [0.15, 0.2) is 71.9 Å². The minimum absolute atomic E-state index is 0.366. The smallest absolute Gasteiger partial charge is 0.439 e. The van der Waals surface area contributed by atoms with Crippen molar-refractivity contribution < 1.29 is 14.3 Å². The van der Waals surface area contributed by atoms with Crippen molar-refractivity contribution in [3.8, 4) is 17.3 Å². The molecule has 3 aromatic rings. The van der Waals surface area contributed by atoms with E-state index in [9.17, 15) is 4.79 Å². The highest BCUT2D eigenvalue weighted by Crippen LogP contribution is 2.15. The second-order valence-electron chi connectivity index (χ2n) is 5.94. The molecule has 0 saturated heterocycles. The molecule has 0 unspecified atom stereocenters. The van der Waals surface area contributed by atoms with Gasteiger partial charge in [-0.25, -0.2) is 9.48 Å². The molecule has 0 bridgehead atoms. The Bertz CT molecular complexity index is 964. The summed E-state index contributed by atoms with van der Waals surface area (Å²) in [7, 11) is 0. The maximum Gasteiger partial charge on any atom is 0.439 e. The Morgan fingerprint density at radius 2 is 1.85 bits per heavy atom. The molecule has 0 spiro atoms. The third-order valence-electron chi connectivity index (χ3n) is 3.69. The summed E-state index contributed by atoms with van der Waals surface area (Å²) in [6, 6.07) is 18.5. The molecule has 0 aliphatic rings. The fraction of sp³-hybridized carbons (Fsp3) is 0.190. The number of nitrogens with zero attached hydrogens (tertiary/aromatic N) is 3. The van der Waals surface area contributed by atoms with Gasteiger partial charge in [-0.3, -0.25) is 0 Å². The number of rotatable bonds is 5. The van der Waals surface area contributed by atoms with E-state index >= 15 is 0 Å². The van der Waals surface area contributed by atoms with Crippen molar-refractivity contribution in [1.29, 1.82) is 0 Å². The summed E-state index contributed by atoms with van der Waals surface area (Å²) in [5.41, 5.74) is 1.94. The lowest BCUT2D eigenvalue weighted by atomic mass is 10.2. The molecule has 0 fully saturated rings. The second kappa shape index (κ2) is 8.80. The van der Waals surface area contributed by atoms with Crippen molar-refractivity contribution in [3.63, 3.8) is 0 Å². The zero-order valence-electron chi connectivity index (χ0n) is 15.3. The van der Waals surface area contributed by atoms with Crippen LogP contribution in [-0.4, -0.2) is 22.5 Å². The lowest BCUT2D eigenvalue weighted by Crippen LogP contribution is -2.16. The molecule has 6 heteroatoms. The van der Waals surface area contributed by atoms with E-state index in [1.165, 1.54) is 6.20 Å². The highest BCUT2D eigenvalue weighted by Gasteiger charge is 2.07. The van der Waals surface area contributed by atoms with Crippen LogP contribution in [0, 0.1) is 6.92 Å². The maximum absolute atomic E-state index is 12.1. The molecular formula is C21H21N3O3. The molecule has 0 N–H and O–H groups in total. The monoisotopic (exact) mass is 363 g/mol. The van der Waals surface area contributed by atoms with E-state index in [-0.39, 0.29) is 0 Å². The predicted molar refractivity (Wildman–Crippen MR) is 102 cm³/mol. The quantitative estimate of drug-likeness (QED) is 0.685. The Balaban J connectivity index is 1.87. The molecular weight excluding hydrogens is 342 g/mol. The first-order valence-corrected chi connectivity index (χ1v) is 8.76. The highest BCUT2D eigenvalue weighted by atomic mass is 16.5. The molecule has 0 aliphatic heterocycles. The van der Waals surface area contributed by atoms with Gasteiger partial charge in [0.15, 0.2) is 0 Å². The Hall–Kier alpha value is -3.41. The summed E-state index contributed by atoms with van der Waals surface area (Å²) in [5, 5.41) is 4.73. The summed E-state index contributed by atoms with van der Waals surface area (Å²) in [6.07, 6.45) is 1.65. The molecule has 3 rings (SSSR count). The average Bonchev–Trinajstić information content (AvgIpc) is 2.69. The summed E-state index contributed by atoms with van der Waals surface area (Å²) in [4.78, 5) is 16.0. The summed E-state index contributed by atoms with van der Waals surface area (Å²) >= 11 is 0. The third kappa shape index (κ3) is 5.04. The van der Waals surface area contributed by atoms with Gasteiger partial charge in [0, 0.05) is 6.07 Å². The molecule has 0 aliphatic carbocycles. The number of hydrogen-bond donors (Lipinski definition) is 0. The van der Waals surface area contributed by atoms with Gasteiger partial charge in [0.1, 0.15) is 5.75 Å². The molecule has 1 amide bonds. The summed E-state index contributed by atoms with van der Waals surface area (Å²) in [6.45, 7) is 4.52. The molecule has 138 valence electrons. The van der Waals surface area contributed by atoms with Gasteiger partial charge in [-0.2, -0.15) is 10.1 Å². The van der Waals surface area contributed by atoms with Gasteiger partial charge in [0.25, 0.3) is 0 Å². The predicted octanol–water partition coefficient (Wildman–Crippen LogP) is 4.07. The second-order valence-corrected chi connectivity index (χ2v) is 5.94. The highest BCUT2D eigenvalue weighted by molar-refractivity contribution is 5.71. The summed E-state index contributed by atoms with van der Waals surface area (Å²) in [5.74, 6) is 0.951. The van der Waals surface area contributed by atoms with Crippen LogP contribution in [0.1, 0.15) is 18.9 Å². The van der Waals surface area contributed by atoms with Gasteiger partial charge in [-0.05, 0) is 37.6 Å². The number of para-hydroxylation sites is 1. The van der Waals surface area contributed by atoms with Crippen LogP contribution < -0.4 is 14.8 Å². The molecule has 27 heavy (non-hydrogen) atoms. The first kappa shape index (κ1) is 18.4. The topological polar surface area (TPSA) is 65.7 Å². The SMILES string of the molecule is CCCOc1cc(=NC(=O)Oc2ccc(C)cc2)cnn1-c1ccccc1. The van der Waals surface area contributed by atoms with Crippen LogP contribution in [0.4, 0.5) is 4.79 Å². The van der Waals surface area contributed by atoms with Crippen molar-refractivity contribution >= 4 is 6.09 Å². The number of aromatic nitrogens is 2. The normalized spacial score (nSPS) is 11.3. The molecule has 1 heterocycles. The lowest BCUT2D eigenvalue weighted by molar-refractivity contribution is 0.210. The Kier molecular flexibility index (Phi) is 5.99.